The molecule has 0 aliphatic rings. The van der Waals surface area contributed by atoms with Gasteiger partial charge in [-0.15, -0.1) is 11.3 Å². The fourth-order valence-electron chi connectivity index (χ4n) is 2.16. The minimum absolute atomic E-state index is 0.384. The molecule has 0 unspecified atom stereocenters. The Hall–Kier alpha value is -2.57. The number of anilines is 1. The third-order valence-corrected chi connectivity index (χ3v) is 4.48. The first-order valence-electron chi connectivity index (χ1n) is 7.45. The van der Waals surface area contributed by atoms with Crippen LogP contribution in [-0.4, -0.2) is 18.1 Å². The number of aromatic nitrogens is 1. The normalized spacial score (nSPS) is 10.3. The summed E-state index contributed by atoms with van der Waals surface area (Å²) >= 11 is 7.26. The number of thiazole rings is 1. The van der Waals surface area contributed by atoms with E-state index >= 15 is 0 Å². The second-order valence-corrected chi connectivity index (χ2v) is 6.74. The Labute approximate surface area is 154 Å². The van der Waals surface area contributed by atoms with Gasteiger partial charge < -0.3 is 14.8 Å². The highest BCUT2D eigenvalue weighted by Crippen LogP contribution is 2.27. The van der Waals surface area contributed by atoms with E-state index in [2.05, 4.69) is 10.3 Å². The standard InChI is InChI=1S/C18H15ClN2O3S/c1-23-17(22)15-4-2-3-5-16(15)24-13-8-6-12(7-9-13)20-10-14-11-21-18(19)25-14/h2-9,11,20H,10H2,1H3. The Balaban J connectivity index is 1.66. The summed E-state index contributed by atoms with van der Waals surface area (Å²) in [5.74, 6) is 0.647. The van der Waals surface area contributed by atoms with Crippen LogP contribution in [0.2, 0.25) is 4.47 Å². The van der Waals surface area contributed by atoms with Gasteiger partial charge in [0.15, 0.2) is 4.47 Å². The highest BCUT2D eigenvalue weighted by Gasteiger charge is 2.12. The molecule has 0 fully saturated rings. The lowest BCUT2D eigenvalue weighted by molar-refractivity contribution is 0.0598. The molecule has 0 amide bonds. The molecule has 0 atom stereocenters. The number of benzene rings is 2. The Bertz CT molecular complexity index is 865. The van der Waals surface area contributed by atoms with E-state index in [9.17, 15) is 4.79 Å². The van der Waals surface area contributed by atoms with Gasteiger partial charge in [-0.25, -0.2) is 9.78 Å². The summed E-state index contributed by atoms with van der Waals surface area (Å²) in [5, 5.41) is 3.29. The van der Waals surface area contributed by atoms with Crippen LogP contribution in [0.4, 0.5) is 5.69 Å². The number of methoxy groups -OCH3 is 1. The summed E-state index contributed by atoms with van der Waals surface area (Å²) in [6.45, 7) is 0.649. The van der Waals surface area contributed by atoms with Gasteiger partial charge in [0.05, 0.1) is 13.7 Å². The van der Waals surface area contributed by atoms with Gasteiger partial charge in [0, 0.05) is 16.8 Å². The number of nitrogens with zero attached hydrogens (tertiary/aromatic N) is 1. The molecule has 0 bridgehead atoms. The predicted molar refractivity (Wildman–Crippen MR) is 98.7 cm³/mol. The average Bonchev–Trinajstić information content (AvgIpc) is 3.06. The highest BCUT2D eigenvalue weighted by molar-refractivity contribution is 7.15. The van der Waals surface area contributed by atoms with Crippen LogP contribution in [0.25, 0.3) is 0 Å². The minimum Gasteiger partial charge on any atom is -0.465 e. The van der Waals surface area contributed by atoms with Gasteiger partial charge in [0.1, 0.15) is 17.1 Å². The van der Waals surface area contributed by atoms with Gasteiger partial charge in [-0.2, -0.15) is 0 Å². The van der Waals surface area contributed by atoms with E-state index in [1.807, 2.05) is 24.3 Å². The molecular formula is C18H15ClN2O3S. The molecule has 0 aliphatic heterocycles. The van der Waals surface area contributed by atoms with Crippen molar-refractivity contribution in [3.8, 4) is 11.5 Å². The fraction of sp³-hybridized carbons (Fsp3) is 0.111. The van der Waals surface area contributed by atoms with Gasteiger partial charge in [-0.1, -0.05) is 23.7 Å². The summed E-state index contributed by atoms with van der Waals surface area (Å²) in [4.78, 5) is 16.8. The number of hydrogen-bond donors (Lipinski definition) is 1. The van der Waals surface area contributed by atoms with Crippen LogP contribution in [0.3, 0.4) is 0 Å². The number of carbonyl (C=O) groups excluding carboxylic acids is 1. The largest absolute Gasteiger partial charge is 0.465 e. The van der Waals surface area contributed by atoms with E-state index in [1.165, 1.54) is 18.4 Å². The fourth-order valence-corrected chi connectivity index (χ4v) is 3.07. The smallest absolute Gasteiger partial charge is 0.341 e. The SMILES string of the molecule is COC(=O)c1ccccc1Oc1ccc(NCc2cnc(Cl)s2)cc1. The molecule has 7 heteroatoms. The zero-order valence-electron chi connectivity index (χ0n) is 13.4. The number of halogens is 1. The molecule has 5 nitrogen and oxygen atoms in total. The van der Waals surface area contributed by atoms with E-state index in [-0.39, 0.29) is 0 Å². The lowest BCUT2D eigenvalue weighted by atomic mass is 10.2. The molecule has 1 N–H and O–H groups in total. The first-order chi connectivity index (χ1) is 12.2. The van der Waals surface area contributed by atoms with Crippen molar-refractivity contribution < 1.29 is 14.3 Å². The second kappa shape index (κ2) is 8.00. The maximum atomic E-state index is 11.8. The minimum atomic E-state index is -0.433. The van der Waals surface area contributed by atoms with Crippen LogP contribution in [0.1, 0.15) is 15.2 Å². The first-order valence-corrected chi connectivity index (χ1v) is 8.64. The summed E-state index contributed by atoms with van der Waals surface area (Å²) in [6, 6.07) is 14.4. The van der Waals surface area contributed by atoms with E-state index in [1.54, 1.807) is 30.5 Å². The number of esters is 1. The number of para-hydroxylation sites is 1. The number of rotatable bonds is 6. The van der Waals surface area contributed by atoms with E-state index < -0.39 is 5.97 Å². The van der Waals surface area contributed by atoms with Crippen molar-refractivity contribution in [3.05, 3.63) is 69.6 Å². The highest BCUT2D eigenvalue weighted by atomic mass is 35.5. The first kappa shape index (κ1) is 17.3. The molecule has 25 heavy (non-hydrogen) atoms. The lowest BCUT2D eigenvalue weighted by Gasteiger charge is -2.10. The van der Waals surface area contributed by atoms with Crippen LogP contribution >= 0.6 is 22.9 Å². The summed E-state index contributed by atoms with van der Waals surface area (Å²) < 4.78 is 11.1. The molecule has 128 valence electrons. The molecule has 3 aromatic rings. The maximum absolute atomic E-state index is 11.8. The zero-order valence-corrected chi connectivity index (χ0v) is 14.9. The predicted octanol–water partition coefficient (Wildman–Crippen LogP) is 4.99. The Kier molecular flexibility index (Phi) is 5.53. The van der Waals surface area contributed by atoms with E-state index in [0.29, 0.717) is 28.1 Å². The molecule has 0 spiro atoms. The van der Waals surface area contributed by atoms with Gasteiger partial charge in [-0.3, -0.25) is 0 Å². The van der Waals surface area contributed by atoms with Crippen LogP contribution < -0.4 is 10.1 Å². The maximum Gasteiger partial charge on any atom is 0.341 e. The number of nitrogens with one attached hydrogen (secondary N) is 1. The average molecular weight is 375 g/mol. The third kappa shape index (κ3) is 4.49. The molecular weight excluding hydrogens is 360 g/mol. The van der Waals surface area contributed by atoms with Crippen molar-refractivity contribution in [1.29, 1.82) is 0 Å². The van der Waals surface area contributed by atoms with E-state index in [0.717, 1.165) is 10.6 Å². The van der Waals surface area contributed by atoms with E-state index in [4.69, 9.17) is 21.1 Å². The molecule has 3 rings (SSSR count). The van der Waals surface area contributed by atoms with Crippen molar-refractivity contribution in [2.24, 2.45) is 0 Å². The number of ether oxygens (including phenoxy) is 2. The van der Waals surface area contributed by atoms with Crippen molar-refractivity contribution in [2.75, 3.05) is 12.4 Å². The molecule has 0 saturated carbocycles. The van der Waals surface area contributed by atoms with Crippen LogP contribution in [0, 0.1) is 0 Å². The second-order valence-electron chi connectivity index (χ2n) is 5.05. The topological polar surface area (TPSA) is 60.5 Å². The van der Waals surface area contributed by atoms with Crippen molar-refractivity contribution in [1.82, 2.24) is 4.98 Å². The number of hydrogen-bond acceptors (Lipinski definition) is 6. The lowest BCUT2D eigenvalue weighted by Crippen LogP contribution is -2.03. The Morgan fingerprint density at radius 3 is 2.64 bits per heavy atom. The molecule has 0 saturated heterocycles. The Morgan fingerprint density at radius 2 is 1.96 bits per heavy atom. The molecule has 1 heterocycles. The third-order valence-electron chi connectivity index (χ3n) is 3.37. The van der Waals surface area contributed by atoms with Crippen LogP contribution in [0.15, 0.2) is 54.7 Å². The summed E-state index contributed by atoms with van der Waals surface area (Å²) in [7, 11) is 1.34. The van der Waals surface area contributed by atoms with Crippen molar-refractivity contribution >= 4 is 34.6 Å². The summed E-state index contributed by atoms with van der Waals surface area (Å²) in [6.07, 6.45) is 1.75. The zero-order chi connectivity index (χ0) is 17.6. The van der Waals surface area contributed by atoms with Gasteiger partial charge in [0.2, 0.25) is 0 Å². The van der Waals surface area contributed by atoms with Gasteiger partial charge in [-0.05, 0) is 36.4 Å². The van der Waals surface area contributed by atoms with Crippen molar-refractivity contribution in [3.63, 3.8) is 0 Å². The van der Waals surface area contributed by atoms with Gasteiger partial charge >= 0.3 is 5.97 Å². The quantitative estimate of drug-likeness (QED) is 0.616. The molecule has 2 aromatic carbocycles. The van der Waals surface area contributed by atoms with Crippen LogP contribution in [0.5, 0.6) is 11.5 Å². The monoisotopic (exact) mass is 374 g/mol. The molecule has 0 radical (unpaired) electrons. The van der Waals surface area contributed by atoms with Crippen LogP contribution in [-0.2, 0) is 11.3 Å². The molecule has 1 aromatic heterocycles. The van der Waals surface area contributed by atoms with Crippen molar-refractivity contribution in [2.45, 2.75) is 6.54 Å². The van der Waals surface area contributed by atoms with Gasteiger partial charge in [0.25, 0.3) is 0 Å². The summed E-state index contributed by atoms with van der Waals surface area (Å²) in [5.41, 5.74) is 1.33. The number of carbonyl (C=O) groups is 1. The molecule has 0 aliphatic carbocycles. The Morgan fingerprint density at radius 1 is 1.20 bits per heavy atom.